The standard InChI is InChI=1S/C14H16FN3O/c1-9-2-3-12(15)11(8-9)14-17-13(18-19-14)10-4-6-16-7-5-10/h2-3,8,10,16H,4-7H2,1H3. The molecular weight excluding hydrogens is 245 g/mol. The van der Waals surface area contributed by atoms with E-state index in [1.807, 2.05) is 6.92 Å². The first kappa shape index (κ1) is 12.3. The maximum atomic E-state index is 13.8. The van der Waals surface area contributed by atoms with E-state index in [4.69, 9.17) is 4.52 Å². The van der Waals surface area contributed by atoms with Gasteiger partial charge in [0.1, 0.15) is 5.82 Å². The molecule has 5 heteroatoms. The number of hydrogen-bond acceptors (Lipinski definition) is 4. The third-order valence-electron chi connectivity index (χ3n) is 3.50. The van der Waals surface area contributed by atoms with Gasteiger partial charge in [0, 0.05) is 5.92 Å². The summed E-state index contributed by atoms with van der Waals surface area (Å²) in [6.45, 7) is 3.84. The van der Waals surface area contributed by atoms with Gasteiger partial charge in [-0.1, -0.05) is 16.8 Å². The van der Waals surface area contributed by atoms with E-state index >= 15 is 0 Å². The fraction of sp³-hybridized carbons (Fsp3) is 0.429. The zero-order valence-corrected chi connectivity index (χ0v) is 10.8. The van der Waals surface area contributed by atoms with Crippen molar-refractivity contribution < 1.29 is 8.91 Å². The fourth-order valence-corrected chi connectivity index (χ4v) is 2.39. The molecule has 1 aliphatic rings. The van der Waals surface area contributed by atoms with E-state index in [-0.39, 0.29) is 11.7 Å². The predicted molar refractivity (Wildman–Crippen MR) is 69.3 cm³/mol. The quantitative estimate of drug-likeness (QED) is 0.903. The molecule has 0 radical (unpaired) electrons. The topological polar surface area (TPSA) is 51.0 Å². The molecule has 1 aromatic heterocycles. The minimum atomic E-state index is -0.328. The first-order valence-electron chi connectivity index (χ1n) is 6.55. The number of nitrogens with zero attached hydrogens (tertiary/aromatic N) is 2. The Balaban J connectivity index is 1.89. The van der Waals surface area contributed by atoms with Crippen LogP contribution in [0.5, 0.6) is 0 Å². The average Bonchev–Trinajstić information content (AvgIpc) is 2.92. The van der Waals surface area contributed by atoms with Crippen LogP contribution in [0, 0.1) is 12.7 Å². The highest BCUT2D eigenvalue weighted by Crippen LogP contribution is 2.27. The van der Waals surface area contributed by atoms with E-state index in [0.717, 1.165) is 31.5 Å². The molecule has 4 nitrogen and oxygen atoms in total. The summed E-state index contributed by atoms with van der Waals surface area (Å²) in [4.78, 5) is 4.36. The molecule has 0 saturated carbocycles. The fourth-order valence-electron chi connectivity index (χ4n) is 2.39. The normalized spacial score (nSPS) is 16.7. The minimum Gasteiger partial charge on any atom is -0.334 e. The number of hydrogen-bond donors (Lipinski definition) is 1. The van der Waals surface area contributed by atoms with Gasteiger partial charge in [0.2, 0.25) is 0 Å². The van der Waals surface area contributed by atoms with Crippen LogP contribution in [0.25, 0.3) is 11.5 Å². The van der Waals surface area contributed by atoms with Crippen LogP contribution in [0.4, 0.5) is 4.39 Å². The first-order valence-corrected chi connectivity index (χ1v) is 6.55. The largest absolute Gasteiger partial charge is 0.334 e. The zero-order valence-electron chi connectivity index (χ0n) is 10.8. The van der Waals surface area contributed by atoms with Gasteiger partial charge in [-0.2, -0.15) is 4.98 Å². The van der Waals surface area contributed by atoms with Crippen molar-refractivity contribution in [2.45, 2.75) is 25.7 Å². The zero-order chi connectivity index (χ0) is 13.2. The summed E-state index contributed by atoms with van der Waals surface area (Å²) >= 11 is 0. The molecule has 0 unspecified atom stereocenters. The second-order valence-electron chi connectivity index (χ2n) is 4.97. The van der Waals surface area contributed by atoms with Crippen LogP contribution in [-0.4, -0.2) is 23.2 Å². The molecule has 1 aliphatic heterocycles. The van der Waals surface area contributed by atoms with Crippen molar-refractivity contribution in [2.75, 3.05) is 13.1 Å². The molecule has 0 aliphatic carbocycles. The molecular formula is C14H16FN3O. The third kappa shape index (κ3) is 2.51. The molecule has 0 atom stereocenters. The first-order chi connectivity index (χ1) is 9.24. The van der Waals surface area contributed by atoms with Gasteiger partial charge in [0.05, 0.1) is 5.56 Å². The summed E-state index contributed by atoms with van der Waals surface area (Å²) in [5.41, 5.74) is 1.35. The molecule has 1 aromatic carbocycles. The van der Waals surface area contributed by atoms with Gasteiger partial charge in [0.15, 0.2) is 5.82 Å². The van der Waals surface area contributed by atoms with E-state index in [1.54, 1.807) is 12.1 Å². The molecule has 3 rings (SSSR count). The Morgan fingerprint density at radius 2 is 2.11 bits per heavy atom. The lowest BCUT2D eigenvalue weighted by Gasteiger charge is -2.18. The van der Waals surface area contributed by atoms with Gasteiger partial charge >= 0.3 is 0 Å². The van der Waals surface area contributed by atoms with Crippen molar-refractivity contribution in [1.29, 1.82) is 0 Å². The number of rotatable bonds is 2. The van der Waals surface area contributed by atoms with Gasteiger partial charge in [0.25, 0.3) is 5.89 Å². The third-order valence-corrected chi connectivity index (χ3v) is 3.50. The maximum absolute atomic E-state index is 13.8. The highest BCUT2D eigenvalue weighted by atomic mass is 19.1. The molecule has 19 heavy (non-hydrogen) atoms. The Hall–Kier alpha value is -1.75. The molecule has 2 aromatic rings. The summed E-state index contributed by atoms with van der Waals surface area (Å²) in [7, 11) is 0. The van der Waals surface area contributed by atoms with Crippen LogP contribution in [-0.2, 0) is 0 Å². The lowest BCUT2D eigenvalue weighted by atomic mass is 9.98. The summed E-state index contributed by atoms with van der Waals surface area (Å²) in [6, 6.07) is 4.89. The van der Waals surface area contributed by atoms with E-state index in [1.165, 1.54) is 6.07 Å². The van der Waals surface area contributed by atoms with E-state index in [2.05, 4.69) is 15.5 Å². The van der Waals surface area contributed by atoms with Crippen LogP contribution in [0.2, 0.25) is 0 Å². The van der Waals surface area contributed by atoms with Crippen molar-refractivity contribution >= 4 is 0 Å². The van der Waals surface area contributed by atoms with Gasteiger partial charge in [-0.3, -0.25) is 0 Å². The summed E-state index contributed by atoms with van der Waals surface area (Å²) < 4.78 is 19.0. The Morgan fingerprint density at radius 3 is 2.89 bits per heavy atom. The molecule has 1 fully saturated rings. The average molecular weight is 261 g/mol. The second-order valence-corrected chi connectivity index (χ2v) is 4.97. The molecule has 1 saturated heterocycles. The lowest BCUT2D eigenvalue weighted by molar-refractivity contribution is 0.391. The Morgan fingerprint density at radius 1 is 1.32 bits per heavy atom. The lowest BCUT2D eigenvalue weighted by Crippen LogP contribution is -2.27. The molecule has 0 spiro atoms. The van der Waals surface area contributed by atoms with Crippen LogP contribution in [0.15, 0.2) is 22.7 Å². The SMILES string of the molecule is Cc1ccc(F)c(-c2nc(C3CCNCC3)no2)c1. The molecule has 0 amide bonds. The van der Waals surface area contributed by atoms with Crippen molar-refractivity contribution in [2.24, 2.45) is 0 Å². The van der Waals surface area contributed by atoms with E-state index in [0.29, 0.717) is 17.3 Å². The van der Waals surface area contributed by atoms with Crippen molar-refractivity contribution in [1.82, 2.24) is 15.5 Å². The second kappa shape index (κ2) is 5.09. The predicted octanol–water partition coefficient (Wildman–Crippen LogP) is 2.65. The Kier molecular flexibility index (Phi) is 3.29. The van der Waals surface area contributed by atoms with Gasteiger partial charge in [-0.05, 0) is 45.0 Å². The van der Waals surface area contributed by atoms with Crippen molar-refractivity contribution in [3.05, 3.63) is 35.4 Å². The summed E-state index contributed by atoms with van der Waals surface area (Å²) in [5.74, 6) is 0.949. The highest BCUT2D eigenvalue weighted by molar-refractivity contribution is 5.55. The maximum Gasteiger partial charge on any atom is 0.260 e. The van der Waals surface area contributed by atoms with Gasteiger partial charge in [-0.25, -0.2) is 4.39 Å². The summed E-state index contributed by atoms with van der Waals surface area (Å²) in [5, 5.41) is 7.30. The number of benzene rings is 1. The van der Waals surface area contributed by atoms with Crippen molar-refractivity contribution in [3.63, 3.8) is 0 Å². The van der Waals surface area contributed by atoms with Crippen LogP contribution in [0.1, 0.15) is 30.1 Å². The molecule has 100 valence electrons. The monoisotopic (exact) mass is 261 g/mol. The number of aromatic nitrogens is 2. The highest BCUT2D eigenvalue weighted by Gasteiger charge is 2.22. The molecule has 0 bridgehead atoms. The smallest absolute Gasteiger partial charge is 0.260 e. The minimum absolute atomic E-state index is 0.273. The van der Waals surface area contributed by atoms with Gasteiger partial charge in [-0.15, -0.1) is 0 Å². The van der Waals surface area contributed by atoms with E-state index in [9.17, 15) is 4.39 Å². The summed E-state index contributed by atoms with van der Waals surface area (Å²) in [6.07, 6.45) is 1.99. The number of piperidine rings is 1. The van der Waals surface area contributed by atoms with Crippen LogP contribution < -0.4 is 5.32 Å². The molecule has 1 N–H and O–H groups in total. The van der Waals surface area contributed by atoms with Crippen molar-refractivity contribution in [3.8, 4) is 11.5 Å². The Bertz CT molecular complexity index is 576. The number of aryl methyl sites for hydroxylation is 1. The Labute approximate surface area is 111 Å². The van der Waals surface area contributed by atoms with Gasteiger partial charge < -0.3 is 9.84 Å². The number of halogens is 1. The molecule has 2 heterocycles. The van der Waals surface area contributed by atoms with Crippen LogP contribution >= 0.6 is 0 Å². The van der Waals surface area contributed by atoms with E-state index < -0.39 is 0 Å². The number of nitrogens with one attached hydrogen (secondary N) is 1. The van der Waals surface area contributed by atoms with Crippen LogP contribution in [0.3, 0.4) is 0 Å².